The Balaban J connectivity index is 1.87. The topological polar surface area (TPSA) is 295 Å². The molecule has 254 valence electrons. The average Bonchev–Trinajstić information content (AvgIpc) is 2.98. The molecule has 3 amide bonds. The molecule has 3 rings (SSSR count). The molecule has 44 heavy (non-hydrogen) atoms. The highest BCUT2D eigenvalue weighted by Crippen LogP contribution is 2.32. The Morgan fingerprint density at radius 3 is 1.61 bits per heavy atom. The number of nitrogens with one attached hydrogen (secondary N) is 3. The minimum Gasteiger partial charge on any atom is -0.394 e. The Morgan fingerprint density at radius 2 is 1.09 bits per heavy atom. The molecule has 3 saturated heterocycles. The van der Waals surface area contributed by atoms with Gasteiger partial charge in [-0.1, -0.05) is 6.92 Å². The molecule has 19 nitrogen and oxygen atoms in total. The maximum atomic E-state index is 12.1. The van der Waals surface area contributed by atoms with Crippen LogP contribution in [0.4, 0.5) is 0 Å². The number of amides is 3. The van der Waals surface area contributed by atoms with E-state index in [1.165, 1.54) is 0 Å². The van der Waals surface area contributed by atoms with Crippen molar-refractivity contribution in [3.05, 3.63) is 0 Å². The zero-order valence-electron chi connectivity index (χ0n) is 24.3. The molecule has 3 heterocycles. The van der Waals surface area contributed by atoms with Crippen molar-refractivity contribution in [1.29, 1.82) is 0 Å². The molecule has 0 aromatic heterocycles. The number of aliphatic hydroxyl groups excluding tert-OH is 8. The fourth-order valence-electron chi connectivity index (χ4n) is 5.28. The molecule has 0 saturated carbocycles. The van der Waals surface area contributed by atoms with E-state index in [4.69, 9.17) is 23.7 Å². The molecule has 19 heteroatoms. The molecule has 11 N–H and O–H groups in total. The van der Waals surface area contributed by atoms with Crippen LogP contribution in [0.5, 0.6) is 0 Å². The molecule has 3 aliphatic rings. The van der Waals surface area contributed by atoms with E-state index in [1.807, 2.05) is 0 Å². The summed E-state index contributed by atoms with van der Waals surface area (Å²) in [5.74, 6) is -1.75. The van der Waals surface area contributed by atoms with Crippen LogP contribution in [0.25, 0.3) is 0 Å². The smallest absolute Gasteiger partial charge is 0.221 e. The van der Waals surface area contributed by atoms with Gasteiger partial charge in [0, 0.05) is 20.3 Å². The zero-order chi connectivity index (χ0) is 32.9. The van der Waals surface area contributed by atoms with Gasteiger partial charge in [0.1, 0.15) is 73.1 Å². The van der Waals surface area contributed by atoms with Gasteiger partial charge in [0.15, 0.2) is 18.8 Å². The summed E-state index contributed by atoms with van der Waals surface area (Å²) in [4.78, 5) is 36.1. The SMILES string of the molecule is CCC(=O)N[C@@H]1OC(CO)[C@@H](O[C@@H]2O[C@@H](CO)[C@@H](O[C@@H]3OC(CO)[C@@H](O)[C@H](O)C3O)C(O)C2NC(C)=O)[C@H](O)C1NC(C)=O. The minimum absolute atomic E-state index is 0.0492. The molecule has 0 radical (unpaired) electrons. The number of carbonyl (C=O) groups excluding carboxylic acids is 3. The third-order valence-corrected chi connectivity index (χ3v) is 7.55. The van der Waals surface area contributed by atoms with E-state index in [9.17, 15) is 55.2 Å². The number of hydrogen-bond acceptors (Lipinski definition) is 16. The van der Waals surface area contributed by atoms with Crippen LogP contribution in [-0.4, -0.2) is 170 Å². The number of hydrogen-bond donors (Lipinski definition) is 11. The lowest BCUT2D eigenvalue weighted by Gasteiger charge is -2.49. The van der Waals surface area contributed by atoms with E-state index in [0.717, 1.165) is 13.8 Å². The van der Waals surface area contributed by atoms with Crippen molar-refractivity contribution in [2.24, 2.45) is 0 Å². The third kappa shape index (κ3) is 8.18. The predicted molar refractivity (Wildman–Crippen MR) is 141 cm³/mol. The summed E-state index contributed by atoms with van der Waals surface area (Å²) in [5.41, 5.74) is 0. The first-order chi connectivity index (χ1) is 20.8. The van der Waals surface area contributed by atoms with E-state index < -0.39 is 129 Å². The van der Waals surface area contributed by atoms with Crippen LogP contribution < -0.4 is 16.0 Å². The third-order valence-electron chi connectivity index (χ3n) is 7.55. The van der Waals surface area contributed by atoms with Crippen molar-refractivity contribution in [2.45, 2.75) is 119 Å². The average molecular weight is 642 g/mol. The number of rotatable bonds is 11. The Hall–Kier alpha value is -2.11. The van der Waals surface area contributed by atoms with Gasteiger partial charge in [0.2, 0.25) is 17.7 Å². The molecular formula is C25H43N3O16. The first kappa shape index (κ1) is 36.4. The van der Waals surface area contributed by atoms with Gasteiger partial charge in [-0.05, 0) is 0 Å². The van der Waals surface area contributed by atoms with Crippen LogP contribution >= 0.6 is 0 Å². The summed E-state index contributed by atoms with van der Waals surface area (Å²) in [5, 5.41) is 90.1. The number of ether oxygens (including phenoxy) is 5. The van der Waals surface area contributed by atoms with Gasteiger partial charge < -0.3 is 80.5 Å². The van der Waals surface area contributed by atoms with E-state index in [-0.39, 0.29) is 6.42 Å². The molecule has 3 aliphatic heterocycles. The van der Waals surface area contributed by atoms with Gasteiger partial charge in [-0.2, -0.15) is 0 Å². The fourth-order valence-corrected chi connectivity index (χ4v) is 5.28. The summed E-state index contributed by atoms with van der Waals surface area (Å²) < 4.78 is 28.5. The van der Waals surface area contributed by atoms with Gasteiger partial charge in [-0.25, -0.2) is 0 Å². The minimum atomic E-state index is -1.86. The maximum absolute atomic E-state index is 12.1. The van der Waals surface area contributed by atoms with Crippen molar-refractivity contribution in [1.82, 2.24) is 16.0 Å². The fraction of sp³-hybridized carbons (Fsp3) is 0.880. The lowest BCUT2D eigenvalue weighted by molar-refractivity contribution is -0.358. The van der Waals surface area contributed by atoms with Crippen molar-refractivity contribution in [3.63, 3.8) is 0 Å². The van der Waals surface area contributed by atoms with E-state index >= 15 is 0 Å². The van der Waals surface area contributed by atoms with E-state index in [0.29, 0.717) is 0 Å². The lowest BCUT2D eigenvalue weighted by Crippen LogP contribution is -2.71. The second-order valence-corrected chi connectivity index (χ2v) is 10.8. The second kappa shape index (κ2) is 15.9. The number of aliphatic hydroxyl groups is 8. The molecule has 3 fully saturated rings. The molecule has 15 atom stereocenters. The summed E-state index contributed by atoms with van der Waals surface area (Å²) in [6.07, 6.45) is -20.6. The van der Waals surface area contributed by atoms with E-state index in [2.05, 4.69) is 16.0 Å². The quantitative estimate of drug-likeness (QED) is 0.0999. The maximum Gasteiger partial charge on any atom is 0.221 e. The Kier molecular flexibility index (Phi) is 13.2. The highest BCUT2D eigenvalue weighted by Gasteiger charge is 2.54. The van der Waals surface area contributed by atoms with Crippen LogP contribution in [0.15, 0.2) is 0 Å². The van der Waals surface area contributed by atoms with Gasteiger partial charge in [0.25, 0.3) is 0 Å². The first-order valence-corrected chi connectivity index (χ1v) is 14.1. The zero-order valence-corrected chi connectivity index (χ0v) is 24.3. The monoisotopic (exact) mass is 641 g/mol. The second-order valence-electron chi connectivity index (χ2n) is 10.8. The molecule has 0 aromatic carbocycles. The highest BCUT2D eigenvalue weighted by molar-refractivity contribution is 5.76. The highest BCUT2D eigenvalue weighted by atomic mass is 16.7. The summed E-state index contributed by atoms with van der Waals surface area (Å²) in [7, 11) is 0. The number of carbonyl (C=O) groups is 3. The Morgan fingerprint density at radius 1 is 0.614 bits per heavy atom. The van der Waals surface area contributed by atoms with Gasteiger partial charge in [-0.3, -0.25) is 14.4 Å². The van der Waals surface area contributed by atoms with Crippen molar-refractivity contribution in [3.8, 4) is 0 Å². The van der Waals surface area contributed by atoms with Crippen molar-refractivity contribution >= 4 is 17.7 Å². The lowest BCUT2D eigenvalue weighted by atomic mass is 9.93. The van der Waals surface area contributed by atoms with Crippen LogP contribution in [0.2, 0.25) is 0 Å². The van der Waals surface area contributed by atoms with Crippen molar-refractivity contribution < 1.29 is 78.9 Å². The van der Waals surface area contributed by atoms with Crippen LogP contribution in [0, 0.1) is 0 Å². The molecule has 0 aliphatic carbocycles. The van der Waals surface area contributed by atoms with Crippen LogP contribution in [0.1, 0.15) is 27.2 Å². The normalized spacial score (nSPS) is 42.8. The molecule has 0 aromatic rings. The molecular weight excluding hydrogens is 598 g/mol. The molecule has 0 spiro atoms. The van der Waals surface area contributed by atoms with E-state index in [1.54, 1.807) is 6.92 Å². The Labute approximate surface area is 252 Å². The Bertz CT molecular complexity index is 976. The first-order valence-electron chi connectivity index (χ1n) is 14.1. The molecule has 0 bridgehead atoms. The van der Waals surface area contributed by atoms with Gasteiger partial charge in [-0.15, -0.1) is 0 Å². The van der Waals surface area contributed by atoms with Gasteiger partial charge in [0.05, 0.1) is 19.8 Å². The summed E-state index contributed by atoms with van der Waals surface area (Å²) in [6, 6.07) is -2.77. The van der Waals surface area contributed by atoms with Gasteiger partial charge >= 0.3 is 0 Å². The van der Waals surface area contributed by atoms with Crippen LogP contribution in [-0.2, 0) is 38.1 Å². The van der Waals surface area contributed by atoms with Crippen molar-refractivity contribution in [2.75, 3.05) is 19.8 Å². The summed E-state index contributed by atoms with van der Waals surface area (Å²) >= 11 is 0. The predicted octanol–water partition coefficient (Wildman–Crippen LogP) is -6.75. The summed E-state index contributed by atoms with van der Waals surface area (Å²) in [6.45, 7) is 1.49. The molecule has 6 unspecified atom stereocenters. The standard InChI is InChI=1S/C25H43N3O16/c1-4-13(34)28-23-14(26-8(2)32)17(36)21(11(6-30)40-23)43-24-15(27-9(3)33)18(37)22(12(7-31)42-24)44-25-20(39)19(38)16(35)10(5-29)41-25/h10-12,14-25,29-31,35-39H,4-7H2,1-3H3,(H,26,32)(H,27,33)(H,28,34)/t10?,11?,12-,14?,15?,16+,17+,18?,19-,20?,21+,22+,23+,24-,25-/m0/s1. The largest absolute Gasteiger partial charge is 0.394 e. The van der Waals surface area contributed by atoms with Crippen LogP contribution in [0.3, 0.4) is 0 Å².